The van der Waals surface area contributed by atoms with Crippen LogP contribution in [0.5, 0.6) is 0 Å². The number of rotatable bonds is 42. The Bertz CT molecular complexity index is 3060. The molecule has 3 aliphatic rings. The number of esters is 1. The minimum absolute atomic E-state index is 0.0415. The summed E-state index contributed by atoms with van der Waals surface area (Å²) in [6.07, 6.45) is -20.2. The van der Waals surface area contributed by atoms with E-state index >= 15 is 0 Å². The standard InChI is InChI=1S/C58H86B2N3O27PS3/c1-6-9-31-76-45-39(4)82-57(52(87-90-66)48(45)77-32-10-7-2)84-46-43(38-81-93(70,71)61-35-40-24-16-12-17-25-40)83-55(44(62-92(67,68)69)47(46)88-91-60-59)85-50-49(78-33-11-8-3)53(89-94(72,73)74)56(86-51(50)54(64)75-5)79-34-23-15-22-30-63(36-41-26-18-13-19-27-41)58(65)80-37-42-28-20-14-21-29-42/h12-14,16-21,24-29,39,43-53,55-57,61-62,66H,6-11,15,22-23,30-38H2,1-5H3,(H,67,68,69)(H,72,73,74)/t39?,43?,44?,45-,46-,47-,48-,49-,50+,51?,52?,53?,55-,56+,57+/m1/s1. The van der Waals surface area contributed by atoms with Gasteiger partial charge in [-0.2, -0.15) is 0 Å². The first-order chi connectivity index (χ1) is 45.1. The Morgan fingerprint density at radius 2 is 1.22 bits per heavy atom. The van der Waals surface area contributed by atoms with Crippen molar-refractivity contribution in [3.63, 3.8) is 0 Å². The van der Waals surface area contributed by atoms with Gasteiger partial charge in [-0.15, -0.1) is 0 Å². The molecule has 36 heteroatoms. The molecular formula is C58H86B2N3O27PS3. The number of nitrogens with zero attached hydrogens (tertiary/aromatic N) is 1. The molecule has 3 fully saturated rings. The molecule has 0 bridgehead atoms. The molecule has 3 aromatic rings. The van der Waals surface area contributed by atoms with E-state index in [1.165, 1.54) is 0 Å². The fourth-order valence-electron chi connectivity index (χ4n) is 10.3. The second kappa shape index (κ2) is 40.7. The Morgan fingerprint density at radius 1 is 0.649 bits per heavy atom. The van der Waals surface area contributed by atoms with Crippen molar-refractivity contribution in [1.29, 1.82) is 0 Å². The number of nitrogens with one attached hydrogen (secondary N) is 2. The fraction of sp³-hybridized carbons (Fsp3) is 0.655. The van der Waals surface area contributed by atoms with Crippen LogP contribution in [0.4, 0.5) is 4.79 Å². The summed E-state index contributed by atoms with van der Waals surface area (Å²) >= 11 is 0. The molecule has 524 valence electrons. The third kappa shape index (κ3) is 26.0. The molecule has 3 saturated heterocycles. The van der Waals surface area contributed by atoms with Crippen LogP contribution >= 0.6 is 8.30 Å². The Hall–Kier alpha value is -4.08. The van der Waals surface area contributed by atoms with Gasteiger partial charge in [0.05, 0.1) is 0 Å². The van der Waals surface area contributed by atoms with E-state index in [4.69, 9.17) is 77.6 Å². The van der Waals surface area contributed by atoms with Crippen molar-refractivity contribution in [1.82, 2.24) is 14.3 Å². The SMILES string of the molecule is [B]B=PO[C@@H]1C(NS(=O)(=O)O)[C@@H](O[C@@H]2C(C(=O)OC)O[C@H](OCCCCCN(Cc3ccccc3)C(=O)OCc3ccccc3)C(OS(=O)(=O)O)[C@@H]2OCCCC)OC(COS(=O)(=O)NCc2ccccc2)[C@H]1O[C@@H]1OC(C)[C@@H](OCCCC)[C@@H](OCCCC)C1OOO. The summed E-state index contributed by atoms with van der Waals surface area (Å²) < 4.78 is 190. The molecule has 3 aliphatic heterocycles. The van der Waals surface area contributed by atoms with Crippen LogP contribution in [0.1, 0.15) is 102 Å². The molecule has 3 heterocycles. The van der Waals surface area contributed by atoms with Gasteiger partial charge in [0.2, 0.25) is 0 Å². The summed E-state index contributed by atoms with van der Waals surface area (Å²) in [5.41, 5.74) is 2.18. The number of amides is 1. The second-order valence-corrected chi connectivity index (χ2v) is 26.3. The zero-order valence-corrected chi connectivity index (χ0v) is 56.3. The molecule has 3 aromatic carbocycles. The molecule has 94 heavy (non-hydrogen) atoms. The normalized spacial score (nSPS) is 26.8. The molecule has 1 amide bonds. The van der Waals surface area contributed by atoms with E-state index < -0.39 is 142 Å². The maximum atomic E-state index is 14.2. The molecular weight excluding hydrogens is 1320 g/mol. The quantitative estimate of drug-likeness (QED) is 0.00895. The van der Waals surface area contributed by atoms with Crippen LogP contribution in [0.25, 0.3) is 0 Å². The van der Waals surface area contributed by atoms with Gasteiger partial charge >= 0.3 is 385 Å². The predicted octanol–water partition coefficient (Wildman–Crippen LogP) is 5.45. The number of carbonyl (C=O) groups excluding carboxylic acids is 2. The zero-order valence-electron chi connectivity index (χ0n) is 53.0. The van der Waals surface area contributed by atoms with Crippen molar-refractivity contribution >= 4 is 65.6 Å². The van der Waals surface area contributed by atoms with Crippen LogP contribution in [0, 0.1) is 0 Å². The number of hydrogen-bond acceptors (Lipinski definition) is 25. The Morgan fingerprint density at radius 3 is 1.80 bits per heavy atom. The van der Waals surface area contributed by atoms with E-state index in [1.807, 2.05) is 79.2 Å². The molecule has 0 spiro atoms. The molecule has 6 unspecified atom stereocenters. The summed E-state index contributed by atoms with van der Waals surface area (Å²) in [5, 5.41) is 14.1. The number of carbonyl (C=O) groups is 2. The summed E-state index contributed by atoms with van der Waals surface area (Å²) in [5.74, 6) is -1.21. The topological polar surface area (TPSA) is 372 Å². The first-order valence-corrected chi connectivity index (χ1v) is 36.0. The average Bonchev–Trinajstić information content (AvgIpc) is 0.764. The zero-order chi connectivity index (χ0) is 68.1. The van der Waals surface area contributed by atoms with Crippen LogP contribution in [0.2, 0.25) is 0 Å². The number of benzene rings is 3. The number of methoxy groups -OCH3 is 1. The van der Waals surface area contributed by atoms with E-state index in [2.05, 4.69) is 9.76 Å². The van der Waals surface area contributed by atoms with Gasteiger partial charge in [0.1, 0.15) is 6.61 Å². The van der Waals surface area contributed by atoms with E-state index in [9.17, 15) is 49.2 Å². The van der Waals surface area contributed by atoms with Crippen LogP contribution in [0.15, 0.2) is 91.0 Å². The summed E-state index contributed by atoms with van der Waals surface area (Å²) in [7, 11) is -9.12. The van der Waals surface area contributed by atoms with Gasteiger partial charge in [-0.05, 0) is 30.4 Å². The van der Waals surface area contributed by atoms with Crippen LogP contribution in [-0.2, 0) is 130 Å². The molecule has 0 aliphatic carbocycles. The van der Waals surface area contributed by atoms with Crippen molar-refractivity contribution in [3.05, 3.63) is 108 Å². The second-order valence-electron chi connectivity index (χ2n) is 22.0. The van der Waals surface area contributed by atoms with Gasteiger partial charge in [0.15, 0.2) is 0 Å². The third-order valence-corrected chi connectivity index (χ3v) is 17.4. The molecule has 15 atom stereocenters. The Kier molecular flexibility index (Phi) is 34.2. The third-order valence-electron chi connectivity index (χ3n) is 14.9. The van der Waals surface area contributed by atoms with Gasteiger partial charge in [-0.1, -0.05) is 106 Å². The van der Waals surface area contributed by atoms with Crippen LogP contribution in [-0.4, -0.2) is 210 Å². The number of ether oxygens (including phenoxy) is 11. The van der Waals surface area contributed by atoms with Gasteiger partial charge in [-0.3, -0.25) is 0 Å². The van der Waals surface area contributed by atoms with Crippen LogP contribution < -0.4 is 9.44 Å². The first kappa shape index (κ1) is 78.9. The van der Waals surface area contributed by atoms with Gasteiger partial charge < -0.3 is 9.64 Å². The summed E-state index contributed by atoms with van der Waals surface area (Å²) in [6, 6.07) is 24.7. The Labute approximate surface area is 553 Å². The van der Waals surface area contributed by atoms with E-state index in [0.29, 0.717) is 44.1 Å². The van der Waals surface area contributed by atoms with Gasteiger partial charge in [-0.25, -0.2) is 4.79 Å². The summed E-state index contributed by atoms with van der Waals surface area (Å²) in [6.45, 7) is 7.43. The van der Waals surface area contributed by atoms with Crippen molar-refractivity contribution in [2.24, 2.45) is 0 Å². The van der Waals surface area contributed by atoms with Crippen molar-refractivity contribution in [2.75, 3.05) is 46.7 Å². The molecule has 0 saturated carbocycles. The van der Waals surface area contributed by atoms with Crippen molar-refractivity contribution < 1.29 is 124 Å². The maximum absolute atomic E-state index is 14.2. The van der Waals surface area contributed by atoms with Gasteiger partial charge in [0, 0.05) is 13.1 Å². The Balaban J connectivity index is 1.35. The van der Waals surface area contributed by atoms with E-state index in [0.717, 1.165) is 31.2 Å². The number of unbranched alkanes of at least 4 members (excludes halogenated alkanes) is 5. The predicted molar refractivity (Wildman–Crippen MR) is 336 cm³/mol. The average molecular weight is 1410 g/mol. The van der Waals surface area contributed by atoms with Gasteiger partial charge in [0.25, 0.3) is 0 Å². The molecule has 5 N–H and O–H groups in total. The fourth-order valence-corrected chi connectivity index (χ4v) is 12.6. The molecule has 0 aromatic heterocycles. The monoisotopic (exact) mass is 1410 g/mol. The van der Waals surface area contributed by atoms with E-state index in [1.54, 1.807) is 49.1 Å². The summed E-state index contributed by atoms with van der Waals surface area (Å²) in [4.78, 5) is 34.6. The van der Waals surface area contributed by atoms with Crippen LogP contribution in [0.3, 0.4) is 0 Å². The molecule has 6 rings (SSSR count). The minimum atomic E-state index is -5.50. The van der Waals surface area contributed by atoms with E-state index in [-0.39, 0.29) is 73.8 Å². The van der Waals surface area contributed by atoms with Crippen molar-refractivity contribution in [2.45, 2.75) is 197 Å². The first-order valence-electron chi connectivity index (χ1n) is 30.9. The number of hydrogen-bond donors (Lipinski definition) is 5. The molecule has 30 nitrogen and oxygen atoms in total. The molecule has 2 radical (unpaired) electrons. The van der Waals surface area contributed by atoms with Crippen molar-refractivity contribution in [3.8, 4) is 0 Å².